The van der Waals surface area contributed by atoms with Crippen LogP contribution in [-0.4, -0.2) is 39.1 Å². The van der Waals surface area contributed by atoms with Gasteiger partial charge in [0.1, 0.15) is 11.3 Å². The second-order valence-electron chi connectivity index (χ2n) is 6.20. The molecule has 0 unspecified atom stereocenters. The Morgan fingerprint density at radius 3 is 2.87 bits per heavy atom. The Morgan fingerprint density at radius 1 is 1.30 bits per heavy atom. The van der Waals surface area contributed by atoms with E-state index < -0.39 is 0 Å². The highest BCUT2D eigenvalue weighted by Crippen LogP contribution is 2.36. The normalized spacial score (nSPS) is 16.1. The van der Waals surface area contributed by atoms with Gasteiger partial charge in [0, 0.05) is 13.5 Å². The summed E-state index contributed by atoms with van der Waals surface area (Å²) in [6.45, 7) is 3.67. The second kappa shape index (κ2) is 6.03. The number of nitrogens with two attached hydrogens (primary N) is 1. The van der Waals surface area contributed by atoms with Crippen LogP contribution in [0.2, 0.25) is 0 Å². The van der Waals surface area contributed by atoms with Crippen LogP contribution in [0.15, 0.2) is 9.85 Å². The van der Waals surface area contributed by atoms with E-state index in [4.69, 9.17) is 10.7 Å². The molecule has 0 amide bonds. The molecular formula is C16H20BrN5S. The first-order chi connectivity index (χ1) is 11.1. The number of halogens is 1. The lowest BCUT2D eigenvalue weighted by Crippen LogP contribution is -2.21. The first-order valence-corrected chi connectivity index (χ1v) is 9.66. The molecular weight excluding hydrogens is 374 g/mol. The number of thiophene rings is 1. The van der Waals surface area contributed by atoms with Crippen molar-refractivity contribution >= 4 is 54.3 Å². The maximum atomic E-state index is 6.14. The molecule has 1 saturated heterocycles. The molecule has 2 N–H and O–H groups in total. The van der Waals surface area contributed by atoms with Gasteiger partial charge in [-0.3, -0.25) is 0 Å². The molecule has 0 aliphatic carbocycles. The largest absolute Gasteiger partial charge is 0.382 e. The number of nitrogens with zero attached hydrogens (tertiary/aromatic N) is 4. The predicted octanol–water partition coefficient (Wildman–Crippen LogP) is 3.56. The van der Waals surface area contributed by atoms with Crippen molar-refractivity contribution in [1.82, 2.24) is 19.4 Å². The summed E-state index contributed by atoms with van der Waals surface area (Å²) in [5.41, 5.74) is 9.03. The fourth-order valence-electron chi connectivity index (χ4n) is 3.46. The maximum absolute atomic E-state index is 6.14. The second-order valence-corrected chi connectivity index (χ2v) is 8.63. The Bertz CT molecular complexity index is 862. The van der Waals surface area contributed by atoms with E-state index in [1.807, 2.05) is 6.07 Å². The lowest BCUT2D eigenvalue weighted by molar-refractivity contribution is 0.332. The van der Waals surface area contributed by atoms with Crippen LogP contribution >= 0.6 is 27.3 Å². The minimum absolute atomic E-state index is 0.527. The third kappa shape index (κ3) is 2.75. The highest BCUT2D eigenvalue weighted by atomic mass is 79.9. The van der Waals surface area contributed by atoms with Gasteiger partial charge in [-0.05, 0) is 60.9 Å². The van der Waals surface area contributed by atoms with Gasteiger partial charge in [-0.1, -0.05) is 0 Å². The van der Waals surface area contributed by atoms with Crippen LogP contribution in [-0.2, 0) is 13.5 Å². The SMILES string of the molecule is Cn1c(CCCN2CCCC2)nc2c(N)nc3cc(Br)sc3c21. The number of hydrogen-bond acceptors (Lipinski definition) is 5. The average molecular weight is 394 g/mol. The number of aryl methyl sites for hydroxylation is 2. The van der Waals surface area contributed by atoms with Gasteiger partial charge in [0.15, 0.2) is 5.82 Å². The van der Waals surface area contributed by atoms with Crippen LogP contribution in [0.1, 0.15) is 25.1 Å². The number of imidazole rings is 1. The quantitative estimate of drug-likeness (QED) is 0.735. The molecule has 0 spiro atoms. The van der Waals surface area contributed by atoms with Crippen LogP contribution in [0, 0.1) is 0 Å². The molecule has 23 heavy (non-hydrogen) atoms. The van der Waals surface area contributed by atoms with Crippen LogP contribution in [0.4, 0.5) is 5.82 Å². The van der Waals surface area contributed by atoms with E-state index in [9.17, 15) is 0 Å². The van der Waals surface area contributed by atoms with E-state index >= 15 is 0 Å². The molecule has 1 aliphatic heterocycles. The van der Waals surface area contributed by atoms with E-state index in [0.29, 0.717) is 5.82 Å². The zero-order valence-corrected chi connectivity index (χ0v) is 15.6. The molecule has 3 aromatic heterocycles. The molecule has 122 valence electrons. The van der Waals surface area contributed by atoms with Gasteiger partial charge >= 0.3 is 0 Å². The summed E-state index contributed by atoms with van der Waals surface area (Å²) >= 11 is 5.24. The molecule has 4 rings (SSSR count). The van der Waals surface area contributed by atoms with E-state index in [-0.39, 0.29) is 0 Å². The third-order valence-corrected chi connectivity index (χ3v) is 6.28. The van der Waals surface area contributed by atoms with Crippen molar-refractivity contribution < 1.29 is 0 Å². The first kappa shape index (κ1) is 15.4. The van der Waals surface area contributed by atoms with Crippen molar-refractivity contribution in [2.45, 2.75) is 25.7 Å². The Balaban J connectivity index is 1.66. The molecule has 0 saturated carbocycles. The summed E-state index contributed by atoms with van der Waals surface area (Å²) in [5.74, 6) is 1.63. The van der Waals surface area contributed by atoms with E-state index in [0.717, 1.165) is 50.2 Å². The molecule has 3 aromatic rings. The van der Waals surface area contributed by atoms with E-state index in [1.165, 1.54) is 25.9 Å². The number of anilines is 1. The summed E-state index contributed by atoms with van der Waals surface area (Å²) < 4.78 is 4.42. The van der Waals surface area contributed by atoms with Gasteiger partial charge in [0.05, 0.1) is 19.5 Å². The van der Waals surface area contributed by atoms with Crippen LogP contribution in [0.25, 0.3) is 21.3 Å². The van der Waals surface area contributed by atoms with Gasteiger partial charge in [-0.2, -0.15) is 0 Å². The van der Waals surface area contributed by atoms with Crippen molar-refractivity contribution in [2.75, 3.05) is 25.4 Å². The number of nitrogen functional groups attached to an aromatic ring is 1. The summed E-state index contributed by atoms with van der Waals surface area (Å²) in [6, 6.07) is 2.02. The fourth-order valence-corrected chi connectivity index (χ4v) is 5.07. The van der Waals surface area contributed by atoms with E-state index in [2.05, 4.69) is 37.4 Å². The minimum atomic E-state index is 0.527. The minimum Gasteiger partial charge on any atom is -0.382 e. The van der Waals surface area contributed by atoms with E-state index in [1.54, 1.807) is 11.3 Å². The zero-order chi connectivity index (χ0) is 16.0. The maximum Gasteiger partial charge on any atom is 0.152 e. The number of fused-ring (bicyclic) bond motifs is 3. The summed E-state index contributed by atoms with van der Waals surface area (Å²) in [7, 11) is 2.09. The number of hydrogen-bond donors (Lipinski definition) is 1. The molecule has 1 fully saturated rings. The summed E-state index contributed by atoms with van der Waals surface area (Å²) in [6.07, 6.45) is 4.82. The summed E-state index contributed by atoms with van der Waals surface area (Å²) in [5, 5.41) is 0. The van der Waals surface area contributed by atoms with Gasteiger partial charge in [0.2, 0.25) is 0 Å². The molecule has 7 heteroatoms. The highest BCUT2D eigenvalue weighted by Gasteiger charge is 2.17. The number of likely N-dealkylation sites (tertiary alicyclic amines) is 1. The number of rotatable bonds is 4. The third-order valence-electron chi connectivity index (χ3n) is 4.64. The van der Waals surface area contributed by atoms with Crippen LogP contribution < -0.4 is 5.73 Å². The van der Waals surface area contributed by atoms with Crippen molar-refractivity contribution in [3.63, 3.8) is 0 Å². The van der Waals surface area contributed by atoms with Crippen molar-refractivity contribution in [3.8, 4) is 0 Å². The van der Waals surface area contributed by atoms with Gasteiger partial charge in [-0.15, -0.1) is 11.3 Å². The molecule has 0 atom stereocenters. The Hall–Kier alpha value is -1.18. The number of pyridine rings is 1. The van der Waals surface area contributed by atoms with Crippen molar-refractivity contribution in [3.05, 3.63) is 15.7 Å². The molecule has 0 aromatic carbocycles. The predicted molar refractivity (Wildman–Crippen MR) is 100.0 cm³/mol. The lowest BCUT2D eigenvalue weighted by Gasteiger charge is -2.13. The lowest BCUT2D eigenvalue weighted by atomic mass is 10.3. The van der Waals surface area contributed by atoms with Gasteiger partial charge in [-0.25, -0.2) is 9.97 Å². The highest BCUT2D eigenvalue weighted by molar-refractivity contribution is 9.11. The van der Waals surface area contributed by atoms with Crippen molar-refractivity contribution in [2.24, 2.45) is 7.05 Å². The molecule has 0 radical (unpaired) electrons. The zero-order valence-electron chi connectivity index (χ0n) is 13.2. The van der Waals surface area contributed by atoms with Gasteiger partial charge < -0.3 is 15.2 Å². The smallest absolute Gasteiger partial charge is 0.152 e. The first-order valence-electron chi connectivity index (χ1n) is 8.05. The number of aromatic nitrogens is 3. The molecule has 5 nitrogen and oxygen atoms in total. The van der Waals surface area contributed by atoms with Crippen LogP contribution in [0.3, 0.4) is 0 Å². The summed E-state index contributed by atoms with van der Waals surface area (Å²) in [4.78, 5) is 11.8. The standard InChI is InChI=1S/C16H20BrN5S/c1-21-12(5-4-8-22-6-2-3-7-22)20-13-14(21)15-10(19-16(13)18)9-11(17)23-15/h9H,2-8H2,1H3,(H2,18,19). The average Bonchev–Trinajstić information content (AvgIpc) is 3.20. The van der Waals surface area contributed by atoms with Crippen molar-refractivity contribution in [1.29, 1.82) is 0 Å². The van der Waals surface area contributed by atoms with Gasteiger partial charge in [0.25, 0.3) is 0 Å². The molecule has 1 aliphatic rings. The monoisotopic (exact) mass is 393 g/mol. The molecule has 4 heterocycles. The molecule has 0 bridgehead atoms. The fraction of sp³-hybridized carbons (Fsp3) is 0.500. The Kier molecular flexibility index (Phi) is 4.03. The Labute approximate surface area is 147 Å². The Morgan fingerprint density at radius 2 is 2.09 bits per heavy atom. The van der Waals surface area contributed by atoms with Crippen LogP contribution in [0.5, 0.6) is 0 Å². The topological polar surface area (TPSA) is 60.0 Å².